The number of rotatable bonds is 3. The molecule has 2 aromatic heterocycles. The number of aromatic nitrogens is 4. The van der Waals surface area contributed by atoms with Crippen molar-refractivity contribution in [3.63, 3.8) is 0 Å². The first-order valence-corrected chi connectivity index (χ1v) is 12.1. The van der Waals surface area contributed by atoms with E-state index in [1.54, 1.807) is 17.8 Å². The van der Waals surface area contributed by atoms with E-state index in [0.717, 1.165) is 68.2 Å². The number of imidazole rings is 1. The Bertz CT molecular complexity index is 1290. The lowest BCUT2D eigenvalue weighted by molar-refractivity contribution is -0.124. The first kappa shape index (κ1) is 20.4. The van der Waals surface area contributed by atoms with E-state index >= 15 is 0 Å². The highest BCUT2D eigenvalue weighted by molar-refractivity contribution is 6.07. The summed E-state index contributed by atoms with van der Waals surface area (Å²) >= 11 is 0. The number of nitrogens with one attached hydrogen (secondary N) is 1. The minimum Gasteiger partial charge on any atom is -0.351 e. The molecule has 3 aromatic rings. The zero-order valence-corrected chi connectivity index (χ0v) is 19.3. The monoisotopic (exact) mass is 446 g/mol. The second-order valence-electron chi connectivity index (χ2n) is 9.93. The standard InChI is InChI=1S/C25H30N6O2/c1-29-19-10-6-5-9-18(19)25(22(29)32)13-11-16(12-14-25)27-23-26-15-20-21(28-23)31(24(33)30(20)2)17-7-3-4-8-17/h5-6,9-10,15-17H,3-4,7-8,11-14H2,1-2H3,(H,26,27,28). The van der Waals surface area contributed by atoms with Crippen LogP contribution in [0.25, 0.3) is 11.2 Å². The predicted molar refractivity (Wildman–Crippen MR) is 128 cm³/mol. The molecule has 6 rings (SSSR count). The molecule has 2 fully saturated rings. The quantitative estimate of drug-likeness (QED) is 0.666. The number of para-hydroxylation sites is 1. The maximum Gasteiger partial charge on any atom is 0.330 e. The number of benzene rings is 1. The molecule has 8 heteroatoms. The lowest BCUT2D eigenvalue weighted by Gasteiger charge is -2.36. The van der Waals surface area contributed by atoms with Gasteiger partial charge < -0.3 is 10.2 Å². The number of hydrogen-bond acceptors (Lipinski definition) is 5. The first-order valence-electron chi connectivity index (χ1n) is 12.1. The largest absolute Gasteiger partial charge is 0.351 e. The third kappa shape index (κ3) is 2.96. The van der Waals surface area contributed by atoms with Gasteiger partial charge in [-0.15, -0.1) is 0 Å². The number of anilines is 2. The Morgan fingerprint density at radius 3 is 2.52 bits per heavy atom. The van der Waals surface area contributed by atoms with Crippen molar-refractivity contribution >= 4 is 28.7 Å². The lowest BCUT2D eigenvalue weighted by atomic mass is 9.69. The molecule has 2 saturated carbocycles. The smallest absolute Gasteiger partial charge is 0.330 e. The van der Waals surface area contributed by atoms with Crippen molar-refractivity contribution in [2.24, 2.45) is 7.05 Å². The highest BCUT2D eigenvalue weighted by Gasteiger charge is 2.50. The molecule has 2 aliphatic carbocycles. The van der Waals surface area contributed by atoms with Gasteiger partial charge in [0.05, 0.1) is 11.6 Å². The average Bonchev–Trinajstić information content (AvgIpc) is 3.50. The lowest BCUT2D eigenvalue weighted by Crippen LogP contribution is -2.43. The van der Waals surface area contributed by atoms with Gasteiger partial charge in [0.15, 0.2) is 5.65 Å². The summed E-state index contributed by atoms with van der Waals surface area (Å²) in [6.07, 6.45) is 9.50. The number of hydrogen-bond donors (Lipinski definition) is 1. The van der Waals surface area contributed by atoms with Crippen LogP contribution in [0.15, 0.2) is 35.3 Å². The van der Waals surface area contributed by atoms with Gasteiger partial charge in [-0.05, 0) is 50.2 Å². The number of nitrogens with zero attached hydrogens (tertiary/aromatic N) is 5. The summed E-state index contributed by atoms with van der Waals surface area (Å²) in [6, 6.07) is 8.61. The minimum absolute atomic E-state index is 0.00881. The van der Waals surface area contributed by atoms with Gasteiger partial charge in [-0.2, -0.15) is 4.98 Å². The van der Waals surface area contributed by atoms with Crippen LogP contribution in [0.3, 0.4) is 0 Å². The van der Waals surface area contributed by atoms with Crippen molar-refractivity contribution in [2.75, 3.05) is 17.3 Å². The topological polar surface area (TPSA) is 85.1 Å². The maximum atomic E-state index is 13.2. The van der Waals surface area contributed by atoms with Gasteiger partial charge in [0.25, 0.3) is 0 Å². The Kier molecular flexibility index (Phi) is 4.61. The Hall–Kier alpha value is -3.16. The Morgan fingerprint density at radius 1 is 1.03 bits per heavy atom. The molecule has 172 valence electrons. The van der Waals surface area contributed by atoms with Crippen molar-refractivity contribution in [3.05, 3.63) is 46.5 Å². The number of likely N-dealkylation sites (N-methyl/N-ethyl adjacent to an activating group) is 1. The molecule has 0 atom stereocenters. The fraction of sp³-hybridized carbons (Fsp3) is 0.520. The van der Waals surface area contributed by atoms with E-state index in [1.807, 2.05) is 34.7 Å². The molecule has 0 bridgehead atoms. The van der Waals surface area contributed by atoms with Crippen LogP contribution < -0.4 is 15.9 Å². The Morgan fingerprint density at radius 2 is 1.76 bits per heavy atom. The van der Waals surface area contributed by atoms with Crippen molar-refractivity contribution in [1.82, 2.24) is 19.1 Å². The summed E-state index contributed by atoms with van der Waals surface area (Å²) in [5.41, 5.74) is 3.29. The molecule has 3 aliphatic rings. The van der Waals surface area contributed by atoms with E-state index in [-0.39, 0.29) is 23.7 Å². The minimum atomic E-state index is -0.406. The first-order chi connectivity index (χ1) is 16.0. The molecular weight excluding hydrogens is 416 g/mol. The van der Waals surface area contributed by atoms with Crippen molar-refractivity contribution in [3.8, 4) is 0 Å². The van der Waals surface area contributed by atoms with Crippen LogP contribution >= 0.6 is 0 Å². The van der Waals surface area contributed by atoms with Crippen LogP contribution in [0.4, 0.5) is 11.6 Å². The number of carbonyl (C=O) groups is 1. The maximum absolute atomic E-state index is 13.2. The van der Waals surface area contributed by atoms with E-state index < -0.39 is 5.41 Å². The summed E-state index contributed by atoms with van der Waals surface area (Å²) in [4.78, 5) is 37.2. The number of aryl methyl sites for hydroxylation is 1. The highest BCUT2D eigenvalue weighted by Crippen LogP contribution is 2.49. The van der Waals surface area contributed by atoms with E-state index in [9.17, 15) is 9.59 Å². The van der Waals surface area contributed by atoms with Crippen molar-refractivity contribution in [1.29, 1.82) is 0 Å². The van der Waals surface area contributed by atoms with Crippen LogP contribution in [0.5, 0.6) is 0 Å². The van der Waals surface area contributed by atoms with Gasteiger partial charge >= 0.3 is 5.69 Å². The third-order valence-electron chi connectivity index (χ3n) is 8.19. The Labute approximate surface area is 192 Å². The van der Waals surface area contributed by atoms with Gasteiger partial charge in [-0.25, -0.2) is 9.78 Å². The zero-order chi connectivity index (χ0) is 22.7. The van der Waals surface area contributed by atoms with Crippen molar-refractivity contribution in [2.45, 2.75) is 68.9 Å². The molecule has 1 aromatic carbocycles. The second-order valence-corrected chi connectivity index (χ2v) is 9.93. The molecule has 3 heterocycles. The van der Waals surface area contributed by atoms with Crippen LogP contribution in [-0.4, -0.2) is 38.1 Å². The second kappa shape index (κ2) is 7.43. The molecule has 0 unspecified atom stereocenters. The summed E-state index contributed by atoms with van der Waals surface area (Å²) in [7, 11) is 3.67. The van der Waals surface area contributed by atoms with Gasteiger partial charge in [0.2, 0.25) is 11.9 Å². The van der Waals surface area contributed by atoms with E-state index in [4.69, 9.17) is 4.98 Å². The molecule has 1 amide bonds. The van der Waals surface area contributed by atoms with E-state index in [2.05, 4.69) is 16.4 Å². The van der Waals surface area contributed by atoms with Crippen molar-refractivity contribution < 1.29 is 4.79 Å². The molecule has 1 N–H and O–H groups in total. The van der Waals surface area contributed by atoms with Crippen LogP contribution in [-0.2, 0) is 17.3 Å². The average molecular weight is 447 g/mol. The fourth-order valence-corrected chi connectivity index (χ4v) is 6.33. The molecule has 8 nitrogen and oxygen atoms in total. The van der Waals surface area contributed by atoms with Gasteiger partial charge in [0, 0.05) is 31.9 Å². The summed E-state index contributed by atoms with van der Waals surface area (Å²) in [6.45, 7) is 0. The number of amides is 1. The molecular formula is C25H30N6O2. The summed E-state index contributed by atoms with van der Waals surface area (Å²) in [5.74, 6) is 0.778. The molecule has 33 heavy (non-hydrogen) atoms. The van der Waals surface area contributed by atoms with Gasteiger partial charge in [0.1, 0.15) is 5.52 Å². The number of fused-ring (bicyclic) bond motifs is 3. The van der Waals surface area contributed by atoms with Gasteiger partial charge in [-0.1, -0.05) is 31.0 Å². The van der Waals surface area contributed by atoms with E-state index in [1.165, 1.54) is 5.56 Å². The fourth-order valence-electron chi connectivity index (χ4n) is 6.33. The molecule has 1 spiro atoms. The zero-order valence-electron chi connectivity index (χ0n) is 19.3. The van der Waals surface area contributed by atoms with Crippen LogP contribution in [0.1, 0.15) is 63.0 Å². The van der Waals surface area contributed by atoms with Gasteiger partial charge in [-0.3, -0.25) is 13.9 Å². The highest BCUT2D eigenvalue weighted by atomic mass is 16.2. The summed E-state index contributed by atoms with van der Waals surface area (Å²) < 4.78 is 3.52. The normalized spacial score (nSPS) is 25.3. The molecule has 0 radical (unpaired) electrons. The third-order valence-corrected chi connectivity index (χ3v) is 8.19. The number of carbonyl (C=O) groups excluding carboxylic acids is 1. The Balaban J connectivity index is 1.24. The van der Waals surface area contributed by atoms with E-state index in [0.29, 0.717) is 5.95 Å². The predicted octanol–water partition coefficient (Wildman–Crippen LogP) is 3.51. The van der Waals surface area contributed by atoms with Crippen LogP contribution in [0, 0.1) is 0 Å². The molecule has 0 saturated heterocycles. The van der Waals surface area contributed by atoms with Crippen LogP contribution in [0.2, 0.25) is 0 Å². The summed E-state index contributed by atoms with van der Waals surface area (Å²) in [5, 5.41) is 3.50. The SMILES string of the molecule is CN1C(=O)C2(CCC(Nc3ncc4c(n3)n(C3CCCC3)c(=O)n4C)CC2)c2ccccc21. The molecule has 1 aliphatic heterocycles.